The van der Waals surface area contributed by atoms with E-state index in [0.717, 1.165) is 6.54 Å². The van der Waals surface area contributed by atoms with Crippen LogP contribution in [0.2, 0.25) is 0 Å². The van der Waals surface area contributed by atoms with E-state index in [4.69, 9.17) is 5.11 Å². The molecule has 0 radical (unpaired) electrons. The van der Waals surface area contributed by atoms with Gasteiger partial charge in [-0.25, -0.2) is 0 Å². The summed E-state index contributed by atoms with van der Waals surface area (Å²) >= 11 is 0. The van der Waals surface area contributed by atoms with Gasteiger partial charge in [0.2, 0.25) is 0 Å². The number of nitrogens with zero attached hydrogens (tertiary/aromatic N) is 2. The first-order valence-electron chi connectivity index (χ1n) is 6.51. The molecule has 0 unspecified atom stereocenters. The highest BCUT2D eigenvalue weighted by molar-refractivity contribution is 5.85. The Bertz CT molecular complexity index is 562. The lowest BCUT2D eigenvalue weighted by Crippen LogP contribution is -2.30. The van der Waals surface area contributed by atoms with Crippen LogP contribution in [0.5, 0.6) is 0 Å². The minimum atomic E-state index is -0.779. The highest BCUT2D eigenvalue weighted by Crippen LogP contribution is 2.25. The molecule has 2 aromatic rings. The van der Waals surface area contributed by atoms with Gasteiger partial charge in [0, 0.05) is 30.2 Å². The number of fused-ring (bicyclic) bond motifs is 1. The van der Waals surface area contributed by atoms with Crippen LogP contribution in [0.1, 0.15) is 18.2 Å². The molecule has 19 heavy (non-hydrogen) atoms. The smallest absolute Gasteiger partial charge is 0.317 e. The van der Waals surface area contributed by atoms with Gasteiger partial charge in [-0.1, -0.05) is 25.1 Å². The minimum Gasteiger partial charge on any atom is -0.480 e. The largest absolute Gasteiger partial charge is 0.480 e. The summed E-state index contributed by atoms with van der Waals surface area (Å²) in [6.07, 6.45) is 0. The van der Waals surface area contributed by atoms with Gasteiger partial charge in [-0.3, -0.25) is 9.69 Å². The van der Waals surface area contributed by atoms with E-state index >= 15 is 0 Å². The van der Waals surface area contributed by atoms with Gasteiger partial charge in [-0.15, -0.1) is 0 Å². The van der Waals surface area contributed by atoms with Gasteiger partial charge >= 0.3 is 5.97 Å². The molecule has 1 N–H and O–H groups in total. The van der Waals surface area contributed by atoms with Gasteiger partial charge in [0.15, 0.2) is 0 Å². The number of hydrogen-bond donors (Lipinski definition) is 1. The van der Waals surface area contributed by atoms with Crippen LogP contribution in [0.3, 0.4) is 0 Å². The van der Waals surface area contributed by atoms with Crippen LogP contribution in [0.15, 0.2) is 24.3 Å². The second-order valence-corrected chi connectivity index (χ2v) is 4.84. The minimum absolute atomic E-state index is 0.0808. The zero-order chi connectivity index (χ0) is 14.0. The summed E-state index contributed by atoms with van der Waals surface area (Å²) in [4.78, 5) is 12.8. The van der Waals surface area contributed by atoms with Gasteiger partial charge in [0.25, 0.3) is 0 Å². The molecule has 0 aliphatic carbocycles. The molecule has 0 bridgehead atoms. The molecule has 4 heteroatoms. The number of carboxylic acid groups (broad SMARTS) is 1. The monoisotopic (exact) mass is 260 g/mol. The van der Waals surface area contributed by atoms with Gasteiger partial charge in [-0.2, -0.15) is 0 Å². The van der Waals surface area contributed by atoms with Gasteiger partial charge in [0.05, 0.1) is 6.54 Å². The number of carboxylic acids is 1. The van der Waals surface area contributed by atoms with Crippen LogP contribution in [0.4, 0.5) is 0 Å². The molecule has 1 aromatic carbocycles. The Morgan fingerprint density at radius 3 is 2.63 bits per heavy atom. The lowest BCUT2D eigenvalue weighted by atomic mass is 10.1. The molecule has 0 fully saturated rings. The summed E-state index contributed by atoms with van der Waals surface area (Å²) in [6, 6.07) is 8.27. The fourth-order valence-corrected chi connectivity index (χ4v) is 2.54. The summed E-state index contributed by atoms with van der Waals surface area (Å²) < 4.78 is 2.16. The summed E-state index contributed by atoms with van der Waals surface area (Å²) in [5, 5.41) is 10.2. The normalized spacial score (nSPS) is 11.4. The fourth-order valence-electron chi connectivity index (χ4n) is 2.54. The number of benzene rings is 1. The lowest BCUT2D eigenvalue weighted by Gasteiger charge is -2.19. The predicted molar refractivity (Wildman–Crippen MR) is 76.2 cm³/mol. The predicted octanol–water partition coefficient (Wildman–Crippen LogP) is 2.39. The van der Waals surface area contributed by atoms with Crippen LogP contribution in [-0.4, -0.2) is 33.6 Å². The molecule has 0 spiro atoms. The third kappa shape index (κ3) is 2.63. The van der Waals surface area contributed by atoms with Crippen molar-refractivity contribution < 1.29 is 9.90 Å². The van der Waals surface area contributed by atoms with Crippen molar-refractivity contribution >= 4 is 16.9 Å². The second-order valence-electron chi connectivity index (χ2n) is 4.84. The number of para-hydroxylation sites is 1. The highest BCUT2D eigenvalue weighted by atomic mass is 16.4. The zero-order valence-corrected chi connectivity index (χ0v) is 11.7. The SMILES string of the molecule is CCN(CC(=O)O)Cc1c(C)c2ccccc2n1C. The fraction of sp³-hybridized carbons (Fsp3) is 0.400. The maximum atomic E-state index is 10.9. The van der Waals surface area contributed by atoms with Crippen molar-refractivity contribution in [2.45, 2.75) is 20.4 Å². The Morgan fingerprint density at radius 1 is 1.37 bits per heavy atom. The van der Waals surface area contributed by atoms with Crippen molar-refractivity contribution in [2.24, 2.45) is 7.05 Å². The summed E-state index contributed by atoms with van der Waals surface area (Å²) in [7, 11) is 2.04. The lowest BCUT2D eigenvalue weighted by molar-refractivity contribution is -0.138. The van der Waals surface area contributed by atoms with Crippen LogP contribution in [0.25, 0.3) is 10.9 Å². The Kier molecular flexibility index (Phi) is 3.90. The van der Waals surface area contributed by atoms with E-state index in [1.165, 1.54) is 22.2 Å². The van der Waals surface area contributed by atoms with E-state index in [1.807, 2.05) is 31.0 Å². The quantitative estimate of drug-likeness (QED) is 0.898. The van der Waals surface area contributed by atoms with Crippen LogP contribution in [-0.2, 0) is 18.4 Å². The van der Waals surface area contributed by atoms with E-state index in [-0.39, 0.29) is 6.54 Å². The number of aryl methyl sites for hydroxylation is 2. The van der Waals surface area contributed by atoms with Crippen molar-refractivity contribution in [1.82, 2.24) is 9.47 Å². The number of carbonyl (C=O) groups is 1. The molecule has 0 aliphatic heterocycles. The Morgan fingerprint density at radius 2 is 2.05 bits per heavy atom. The maximum Gasteiger partial charge on any atom is 0.317 e. The average Bonchev–Trinajstić information content (AvgIpc) is 2.63. The van der Waals surface area contributed by atoms with E-state index in [2.05, 4.69) is 23.6 Å². The van der Waals surface area contributed by atoms with Crippen LogP contribution < -0.4 is 0 Å². The van der Waals surface area contributed by atoms with Crippen molar-refractivity contribution in [3.05, 3.63) is 35.5 Å². The third-order valence-corrected chi connectivity index (χ3v) is 3.69. The zero-order valence-electron chi connectivity index (χ0n) is 11.7. The molecule has 0 saturated heterocycles. The molecule has 2 rings (SSSR count). The highest BCUT2D eigenvalue weighted by Gasteiger charge is 2.15. The number of likely N-dealkylation sites (N-methyl/N-ethyl adjacent to an activating group) is 1. The van der Waals surface area contributed by atoms with E-state index in [0.29, 0.717) is 6.54 Å². The topological polar surface area (TPSA) is 45.5 Å². The summed E-state index contributed by atoms with van der Waals surface area (Å²) in [5.41, 5.74) is 3.62. The number of aliphatic carboxylic acids is 1. The summed E-state index contributed by atoms with van der Waals surface area (Å²) in [6.45, 7) is 5.57. The number of rotatable bonds is 5. The van der Waals surface area contributed by atoms with Crippen molar-refractivity contribution in [1.29, 1.82) is 0 Å². The molecular formula is C15H20N2O2. The molecule has 1 heterocycles. The molecule has 0 atom stereocenters. The molecule has 0 saturated carbocycles. The van der Waals surface area contributed by atoms with E-state index < -0.39 is 5.97 Å². The Balaban J connectivity index is 2.37. The number of aromatic nitrogens is 1. The molecule has 1 aromatic heterocycles. The van der Waals surface area contributed by atoms with Crippen molar-refractivity contribution in [2.75, 3.05) is 13.1 Å². The van der Waals surface area contributed by atoms with Gasteiger partial charge in [-0.05, 0) is 25.1 Å². The first-order valence-corrected chi connectivity index (χ1v) is 6.51. The Hall–Kier alpha value is -1.81. The average molecular weight is 260 g/mol. The molecular weight excluding hydrogens is 240 g/mol. The first-order chi connectivity index (χ1) is 9.04. The second kappa shape index (κ2) is 5.45. The van der Waals surface area contributed by atoms with Crippen molar-refractivity contribution in [3.8, 4) is 0 Å². The Labute approximate surface area is 113 Å². The molecule has 0 aliphatic rings. The third-order valence-electron chi connectivity index (χ3n) is 3.69. The molecule has 102 valence electrons. The standard InChI is InChI=1S/C15H20N2O2/c1-4-17(10-15(18)19)9-14-11(2)12-7-5-6-8-13(12)16(14)3/h5-8H,4,9-10H2,1-3H3,(H,18,19). The van der Waals surface area contributed by atoms with Gasteiger partial charge < -0.3 is 9.67 Å². The van der Waals surface area contributed by atoms with E-state index in [1.54, 1.807) is 0 Å². The molecule has 4 nitrogen and oxygen atoms in total. The first kappa shape index (κ1) is 13.6. The summed E-state index contributed by atoms with van der Waals surface area (Å²) in [5.74, 6) is -0.779. The number of hydrogen-bond acceptors (Lipinski definition) is 2. The molecule has 0 amide bonds. The van der Waals surface area contributed by atoms with Crippen molar-refractivity contribution in [3.63, 3.8) is 0 Å². The van der Waals surface area contributed by atoms with Crippen LogP contribution >= 0.6 is 0 Å². The van der Waals surface area contributed by atoms with Gasteiger partial charge in [0.1, 0.15) is 0 Å². The maximum absolute atomic E-state index is 10.9. The van der Waals surface area contributed by atoms with Crippen LogP contribution in [0, 0.1) is 6.92 Å². The van der Waals surface area contributed by atoms with E-state index in [9.17, 15) is 4.79 Å².